The van der Waals surface area contributed by atoms with Crippen molar-refractivity contribution in [2.24, 2.45) is 0 Å². The smallest absolute Gasteiger partial charge is 0.179 e. The van der Waals surface area contributed by atoms with Gasteiger partial charge in [-0.25, -0.2) is 8.42 Å². The molecule has 1 rings (SSSR count). The standard InChI is InChI=1S/C8H9ClO3S.I2/c9-5-6-13(11,12)8-3-1-7(10)2-4-8;1-2/h1-4,10H,5-6H2;. The minimum atomic E-state index is -3.27. The zero-order valence-corrected chi connectivity index (χ0v) is 13.4. The summed E-state index contributed by atoms with van der Waals surface area (Å²) in [5, 5.41) is 8.93. The summed E-state index contributed by atoms with van der Waals surface area (Å²) >= 11 is 9.58. The molecule has 0 aromatic heterocycles. The Morgan fingerprint density at radius 3 is 2.07 bits per heavy atom. The van der Waals surface area contributed by atoms with Gasteiger partial charge in [-0.1, -0.05) is 0 Å². The van der Waals surface area contributed by atoms with E-state index in [0.717, 1.165) is 0 Å². The van der Waals surface area contributed by atoms with Crippen molar-refractivity contribution in [1.82, 2.24) is 0 Å². The first-order valence-electron chi connectivity index (χ1n) is 3.78. The molecular formula is C8H9ClI2O3S. The summed E-state index contributed by atoms with van der Waals surface area (Å²) in [7, 11) is -3.27. The van der Waals surface area contributed by atoms with Gasteiger partial charge < -0.3 is 5.11 Å². The fourth-order valence-corrected chi connectivity index (χ4v) is 2.47. The van der Waals surface area contributed by atoms with Crippen LogP contribution in [0.4, 0.5) is 0 Å². The number of hydrogen-bond acceptors (Lipinski definition) is 3. The molecule has 0 saturated carbocycles. The largest absolute Gasteiger partial charge is 0.508 e. The maximum absolute atomic E-state index is 11.4. The van der Waals surface area contributed by atoms with Gasteiger partial charge in [0, 0.05) is 43.1 Å². The van der Waals surface area contributed by atoms with Crippen LogP contribution in [-0.4, -0.2) is 25.2 Å². The van der Waals surface area contributed by atoms with E-state index in [9.17, 15) is 8.42 Å². The quantitative estimate of drug-likeness (QED) is 0.541. The summed E-state index contributed by atoms with van der Waals surface area (Å²) in [5.74, 6) is 0.0348. The lowest BCUT2D eigenvalue weighted by atomic mass is 10.3. The van der Waals surface area contributed by atoms with E-state index in [1.165, 1.54) is 24.3 Å². The van der Waals surface area contributed by atoms with Gasteiger partial charge in [0.2, 0.25) is 0 Å². The number of phenolic OH excluding ortho intramolecular Hbond substituents is 1. The molecule has 0 atom stereocenters. The molecule has 0 aliphatic carbocycles. The Balaban J connectivity index is 0.000000921. The molecule has 0 amide bonds. The topological polar surface area (TPSA) is 54.4 Å². The predicted octanol–water partition coefficient (Wildman–Crippen LogP) is 3.18. The van der Waals surface area contributed by atoms with Crippen LogP contribution in [-0.2, 0) is 9.84 Å². The molecule has 15 heavy (non-hydrogen) atoms. The molecule has 0 aliphatic heterocycles. The number of halogens is 3. The number of rotatable bonds is 3. The molecule has 1 N–H and O–H groups in total. The highest BCUT2D eigenvalue weighted by Gasteiger charge is 2.12. The van der Waals surface area contributed by atoms with Crippen LogP contribution >= 0.6 is 48.8 Å². The average molecular weight is 474 g/mol. The molecule has 7 heteroatoms. The van der Waals surface area contributed by atoms with Gasteiger partial charge in [0.25, 0.3) is 0 Å². The molecule has 0 bridgehead atoms. The lowest BCUT2D eigenvalue weighted by Crippen LogP contribution is -2.07. The van der Waals surface area contributed by atoms with Crippen molar-refractivity contribution in [2.75, 3.05) is 11.6 Å². The Bertz CT molecular complexity index is 377. The Hall–Kier alpha value is 0.720. The molecule has 0 unspecified atom stereocenters. The van der Waals surface area contributed by atoms with Crippen LogP contribution in [0.25, 0.3) is 0 Å². The summed E-state index contributed by atoms with van der Waals surface area (Å²) < 4.78 is 22.8. The lowest BCUT2D eigenvalue weighted by Gasteiger charge is -2.01. The van der Waals surface area contributed by atoms with Crippen molar-refractivity contribution in [1.29, 1.82) is 0 Å². The van der Waals surface area contributed by atoms with Gasteiger partial charge in [-0.05, 0) is 24.3 Å². The summed E-state index contributed by atoms with van der Waals surface area (Å²) in [6, 6.07) is 5.39. The van der Waals surface area contributed by atoms with Crippen LogP contribution in [0.1, 0.15) is 0 Å². The second kappa shape index (κ2) is 7.91. The molecule has 0 aliphatic rings. The van der Waals surface area contributed by atoms with Gasteiger partial charge in [-0.2, -0.15) is 0 Å². The molecule has 1 aromatic rings. The Kier molecular flexibility index (Phi) is 8.29. The highest BCUT2D eigenvalue weighted by molar-refractivity contribution is 15.0. The molecule has 1 aromatic carbocycles. The van der Waals surface area contributed by atoms with Crippen molar-refractivity contribution in [3.63, 3.8) is 0 Å². The number of benzene rings is 1. The van der Waals surface area contributed by atoms with Crippen molar-refractivity contribution in [3.05, 3.63) is 24.3 Å². The average Bonchev–Trinajstić information content (AvgIpc) is 2.21. The van der Waals surface area contributed by atoms with Crippen LogP contribution in [0.2, 0.25) is 0 Å². The fourth-order valence-electron chi connectivity index (χ4n) is 0.873. The molecule has 86 valence electrons. The third-order valence-corrected chi connectivity index (χ3v) is 3.69. The number of alkyl halides is 1. The van der Waals surface area contributed by atoms with E-state index in [0.29, 0.717) is 0 Å². The van der Waals surface area contributed by atoms with Gasteiger partial charge in [0.15, 0.2) is 9.84 Å². The molecule has 0 heterocycles. The predicted molar refractivity (Wildman–Crippen MR) is 78.9 cm³/mol. The summed E-state index contributed by atoms with van der Waals surface area (Å²) in [6.45, 7) is 0. The van der Waals surface area contributed by atoms with Crippen molar-refractivity contribution < 1.29 is 13.5 Å². The summed E-state index contributed by atoms with van der Waals surface area (Å²) in [5.41, 5.74) is 0. The number of hydrogen-bond donors (Lipinski definition) is 1. The molecule has 0 spiro atoms. The second-order valence-electron chi connectivity index (χ2n) is 2.50. The zero-order valence-electron chi connectivity index (χ0n) is 7.53. The van der Waals surface area contributed by atoms with E-state index < -0.39 is 9.84 Å². The van der Waals surface area contributed by atoms with E-state index in [2.05, 4.69) is 37.2 Å². The second-order valence-corrected chi connectivity index (χ2v) is 4.99. The molecule has 3 nitrogen and oxygen atoms in total. The van der Waals surface area contributed by atoms with E-state index in [-0.39, 0.29) is 22.3 Å². The SMILES string of the molecule is II.O=S(=O)(CCCl)c1ccc(O)cc1. The Morgan fingerprint density at radius 2 is 1.67 bits per heavy atom. The molecule has 0 saturated heterocycles. The van der Waals surface area contributed by atoms with E-state index in [1.54, 1.807) is 0 Å². The third-order valence-electron chi connectivity index (χ3n) is 1.54. The number of aromatic hydroxyl groups is 1. The maximum Gasteiger partial charge on any atom is 0.179 e. The normalized spacial score (nSPS) is 10.3. The Morgan fingerprint density at radius 1 is 1.20 bits per heavy atom. The van der Waals surface area contributed by atoms with Gasteiger partial charge in [-0.15, -0.1) is 11.6 Å². The summed E-state index contributed by atoms with van der Waals surface area (Å²) in [6.07, 6.45) is 0. The van der Waals surface area contributed by atoms with Crippen molar-refractivity contribution in [3.8, 4) is 5.75 Å². The zero-order chi connectivity index (χ0) is 11.9. The van der Waals surface area contributed by atoms with Gasteiger partial charge in [0.1, 0.15) is 5.75 Å². The third kappa shape index (κ3) is 5.55. The molecule has 0 fully saturated rings. The van der Waals surface area contributed by atoms with Gasteiger partial charge in [0.05, 0.1) is 10.6 Å². The van der Waals surface area contributed by atoms with E-state index in [4.69, 9.17) is 16.7 Å². The molecule has 0 radical (unpaired) electrons. The van der Waals surface area contributed by atoms with Crippen LogP contribution in [0, 0.1) is 0 Å². The number of phenols is 1. The lowest BCUT2D eigenvalue weighted by molar-refractivity contribution is 0.475. The van der Waals surface area contributed by atoms with Crippen LogP contribution in [0.15, 0.2) is 29.2 Å². The molecular weight excluding hydrogens is 465 g/mol. The monoisotopic (exact) mass is 474 g/mol. The minimum absolute atomic E-state index is 0.0461. The van der Waals surface area contributed by atoms with Crippen LogP contribution < -0.4 is 0 Å². The first kappa shape index (κ1) is 15.7. The number of sulfone groups is 1. The fraction of sp³-hybridized carbons (Fsp3) is 0.250. The minimum Gasteiger partial charge on any atom is -0.508 e. The van der Waals surface area contributed by atoms with Crippen LogP contribution in [0.5, 0.6) is 5.75 Å². The first-order chi connectivity index (χ1) is 7.06. The van der Waals surface area contributed by atoms with E-state index >= 15 is 0 Å². The van der Waals surface area contributed by atoms with Gasteiger partial charge >= 0.3 is 0 Å². The van der Waals surface area contributed by atoms with Crippen molar-refractivity contribution in [2.45, 2.75) is 4.90 Å². The van der Waals surface area contributed by atoms with Crippen LogP contribution in [0.3, 0.4) is 0 Å². The van der Waals surface area contributed by atoms with Crippen molar-refractivity contribution >= 4 is 58.7 Å². The summed E-state index contributed by atoms with van der Waals surface area (Å²) in [4.78, 5) is 0.186. The maximum atomic E-state index is 11.4. The highest BCUT2D eigenvalue weighted by atomic mass is 128. The van der Waals surface area contributed by atoms with E-state index in [1.807, 2.05) is 0 Å². The Labute approximate surface area is 117 Å². The highest BCUT2D eigenvalue weighted by Crippen LogP contribution is 2.15. The first-order valence-corrected chi connectivity index (χ1v) is 12.3. The van der Waals surface area contributed by atoms with Gasteiger partial charge in [-0.3, -0.25) is 0 Å².